The van der Waals surface area contributed by atoms with Crippen LogP contribution in [0.2, 0.25) is 0 Å². The maximum atomic E-state index is 12.7. The molecule has 0 radical (unpaired) electrons. The smallest absolute Gasteiger partial charge is 0.246 e. The maximum absolute atomic E-state index is 12.7. The molecule has 1 aliphatic rings. The number of methoxy groups -OCH3 is 1. The average Bonchev–Trinajstić information content (AvgIpc) is 2.82. The van der Waals surface area contributed by atoms with E-state index in [2.05, 4.69) is 17.9 Å². The summed E-state index contributed by atoms with van der Waals surface area (Å²) in [7, 11) is 1.67. The summed E-state index contributed by atoms with van der Waals surface area (Å²) in [5, 5.41) is 0. The molecule has 0 aliphatic carbocycles. The van der Waals surface area contributed by atoms with E-state index in [1.54, 1.807) is 13.2 Å². The molecule has 0 atom stereocenters. The Labute approximate surface area is 185 Å². The van der Waals surface area contributed by atoms with Crippen LogP contribution in [0.1, 0.15) is 25.8 Å². The average molecular weight is 425 g/mol. The maximum Gasteiger partial charge on any atom is 0.246 e. The lowest BCUT2D eigenvalue weighted by atomic mass is 10.1. The number of carbonyl (C=O) groups is 1. The molecule has 31 heavy (non-hydrogen) atoms. The summed E-state index contributed by atoms with van der Waals surface area (Å²) in [5.74, 6) is 2.31. The van der Waals surface area contributed by atoms with Crippen LogP contribution in [-0.4, -0.2) is 57.3 Å². The molecule has 0 unspecified atom stereocenters. The number of nitrogens with zero attached hydrogens (tertiary/aromatic N) is 2. The van der Waals surface area contributed by atoms with Crippen LogP contribution in [0.15, 0.2) is 48.5 Å². The van der Waals surface area contributed by atoms with Crippen molar-refractivity contribution in [1.82, 2.24) is 4.90 Å². The molecule has 6 heteroatoms. The van der Waals surface area contributed by atoms with E-state index in [4.69, 9.17) is 14.2 Å². The number of hydrogen-bond donors (Lipinski definition) is 0. The minimum absolute atomic E-state index is 0.0227. The molecule has 166 valence electrons. The summed E-state index contributed by atoms with van der Waals surface area (Å²) in [6, 6.07) is 13.8. The summed E-state index contributed by atoms with van der Waals surface area (Å²) in [6.07, 6.45) is 4.41. The first-order valence-corrected chi connectivity index (χ1v) is 10.9. The number of hydrogen-bond acceptors (Lipinski definition) is 5. The van der Waals surface area contributed by atoms with E-state index >= 15 is 0 Å². The first kappa shape index (κ1) is 22.5. The van der Waals surface area contributed by atoms with Gasteiger partial charge in [0.1, 0.15) is 5.75 Å². The molecule has 3 rings (SSSR count). The van der Waals surface area contributed by atoms with Crippen LogP contribution in [0.25, 0.3) is 6.08 Å². The van der Waals surface area contributed by atoms with E-state index in [-0.39, 0.29) is 5.91 Å². The van der Waals surface area contributed by atoms with Gasteiger partial charge >= 0.3 is 0 Å². The molecule has 0 aromatic heterocycles. The van der Waals surface area contributed by atoms with E-state index in [0.717, 1.165) is 42.3 Å². The summed E-state index contributed by atoms with van der Waals surface area (Å²) in [6.45, 7) is 8.19. The van der Waals surface area contributed by atoms with Gasteiger partial charge in [-0.1, -0.05) is 19.1 Å². The summed E-state index contributed by atoms with van der Waals surface area (Å²) < 4.78 is 16.8. The Hall–Kier alpha value is -3.15. The van der Waals surface area contributed by atoms with Crippen LogP contribution in [0.5, 0.6) is 17.2 Å². The normalized spacial score (nSPS) is 14.0. The highest BCUT2D eigenvalue weighted by Gasteiger charge is 2.20. The topological polar surface area (TPSA) is 51.2 Å². The Kier molecular flexibility index (Phi) is 8.21. The zero-order chi connectivity index (χ0) is 22.1. The first-order valence-electron chi connectivity index (χ1n) is 10.9. The summed E-state index contributed by atoms with van der Waals surface area (Å²) in [5.41, 5.74) is 2.03. The number of rotatable bonds is 9. The Morgan fingerprint density at radius 2 is 1.81 bits per heavy atom. The van der Waals surface area contributed by atoms with E-state index < -0.39 is 0 Å². The molecule has 1 heterocycles. The minimum Gasteiger partial charge on any atom is -0.497 e. The Morgan fingerprint density at radius 1 is 1.00 bits per heavy atom. The van der Waals surface area contributed by atoms with Crippen molar-refractivity contribution in [3.8, 4) is 17.2 Å². The summed E-state index contributed by atoms with van der Waals surface area (Å²) in [4.78, 5) is 16.8. The van der Waals surface area contributed by atoms with Crippen molar-refractivity contribution < 1.29 is 19.0 Å². The molecular weight excluding hydrogens is 392 g/mol. The van der Waals surface area contributed by atoms with Gasteiger partial charge in [0.15, 0.2) is 11.5 Å². The molecule has 0 spiro atoms. The lowest BCUT2D eigenvalue weighted by Gasteiger charge is -2.35. The van der Waals surface area contributed by atoms with E-state index in [9.17, 15) is 4.79 Å². The fourth-order valence-corrected chi connectivity index (χ4v) is 3.49. The molecule has 2 aromatic carbocycles. The van der Waals surface area contributed by atoms with Gasteiger partial charge in [-0.25, -0.2) is 0 Å². The quantitative estimate of drug-likeness (QED) is 0.564. The van der Waals surface area contributed by atoms with Crippen LogP contribution in [0, 0.1) is 0 Å². The van der Waals surface area contributed by atoms with E-state index in [0.29, 0.717) is 32.1 Å². The van der Waals surface area contributed by atoms with Gasteiger partial charge < -0.3 is 24.0 Å². The van der Waals surface area contributed by atoms with Crippen molar-refractivity contribution in [3.05, 3.63) is 54.1 Å². The van der Waals surface area contributed by atoms with Crippen molar-refractivity contribution in [1.29, 1.82) is 0 Å². The Bertz CT molecular complexity index is 889. The van der Waals surface area contributed by atoms with E-state index in [1.807, 2.05) is 54.3 Å². The lowest BCUT2D eigenvalue weighted by molar-refractivity contribution is -0.126. The van der Waals surface area contributed by atoms with Gasteiger partial charge in [-0.2, -0.15) is 0 Å². The highest BCUT2D eigenvalue weighted by Crippen LogP contribution is 2.29. The van der Waals surface area contributed by atoms with Crippen LogP contribution in [-0.2, 0) is 4.79 Å². The fraction of sp³-hybridized carbons (Fsp3) is 0.400. The first-order chi connectivity index (χ1) is 15.1. The van der Waals surface area contributed by atoms with Crippen molar-refractivity contribution >= 4 is 17.7 Å². The minimum atomic E-state index is 0.0227. The van der Waals surface area contributed by atoms with Gasteiger partial charge in [-0.3, -0.25) is 4.79 Å². The van der Waals surface area contributed by atoms with Crippen molar-refractivity contribution in [3.63, 3.8) is 0 Å². The third-order valence-corrected chi connectivity index (χ3v) is 5.16. The standard InChI is InChI=1S/C25H32N2O4/c1-4-17-31-23-11-9-20(18-24(23)30-5-2)10-12-25(28)27-15-13-26(14-16-27)21-7-6-8-22(19-21)29-3/h6-12,18-19H,4-5,13-17H2,1-3H3/b12-10+. The number of carbonyl (C=O) groups excluding carboxylic acids is 1. The second-order valence-electron chi connectivity index (χ2n) is 7.33. The van der Waals surface area contributed by atoms with Gasteiger partial charge in [-0.05, 0) is 49.2 Å². The van der Waals surface area contributed by atoms with Crippen LogP contribution < -0.4 is 19.1 Å². The molecule has 0 N–H and O–H groups in total. The van der Waals surface area contributed by atoms with E-state index in [1.165, 1.54) is 0 Å². The number of benzene rings is 2. The van der Waals surface area contributed by atoms with Crippen LogP contribution in [0.3, 0.4) is 0 Å². The van der Waals surface area contributed by atoms with Crippen LogP contribution >= 0.6 is 0 Å². The highest BCUT2D eigenvalue weighted by molar-refractivity contribution is 5.92. The van der Waals surface area contributed by atoms with Crippen LogP contribution in [0.4, 0.5) is 5.69 Å². The molecule has 1 saturated heterocycles. The molecule has 1 amide bonds. The van der Waals surface area contributed by atoms with Gasteiger partial charge in [0, 0.05) is 44.0 Å². The number of piperazine rings is 1. The zero-order valence-electron chi connectivity index (χ0n) is 18.7. The van der Waals surface area contributed by atoms with Gasteiger partial charge in [0.2, 0.25) is 5.91 Å². The molecule has 2 aromatic rings. The fourth-order valence-electron chi connectivity index (χ4n) is 3.49. The molecule has 6 nitrogen and oxygen atoms in total. The van der Waals surface area contributed by atoms with Crippen molar-refractivity contribution in [2.75, 3.05) is 51.4 Å². The lowest BCUT2D eigenvalue weighted by Crippen LogP contribution is -2.48. The SMILES string of the molecule is CCCOc1ccc(/C=C/C(=O)N2CCN(c3cccc(OC)c3)CC2)cc1OCC. The number of anilines is 1. The van der Waals surface area contributed by atoms with Crippen molar-refractivity contribution in [2.45, 2.75) is 20.3 Å². The third kappa shape index (κ3) is 6.17. The monoisotopic (exact) mass is 424 g/mol. The third-order valence-electron chi connectivity index (χ3n) is 5.16. The second kappa shape index (κ2) is 11.3. The van der Waals surface area contributed by atoms with Gasteiger partial charge in [-0.15, -0.1) is 0 Å². The molecule has 1 aliphatic heterocycles. The Balaban J connectivity index is 1.58. The van der Waals surface area contributed by atoms with Gasteiger partial charge in [0.25, 0.3) is 0 Å². The predicted octanol–water partition coefficient (Wildman–Crippen LogP) is 4.24. The number of amides is 1. The zero-order valence-corrected chi connectivity index (χ0v) is 18.7. The Morgan fingerprint density at radius 3 is 2.52 bits per heavy atom. The summed E-state index contributed by atoms with van der Waals surface area (Å²) >= 11 is 0. The highest BCUT2D eigenvalue weighted by atomic mass is 16.5. The molecule has 1 fully saturated rings. The number of ether oxygens (including phenoxy) is 3. The second-order valence-corrected chi connectivity index (χ2v) is 7.33. The van der Waals surface area contributed by atoms with Crippen molar-refractivity contribution in [2.24, 2.45) is 0 Å². The molecule has 0 saturated carbocycles. The molecule has 0 bridgehead atoms. The predicted molar refractivity (Wildman–Crippen MR) is 124 cm³/mol. The van der Waals surface area contributed by atoms with Gasteiger partial charge in [0.05, 0.1) is 20.3 Å². The molecular formula is C25H32N2O4. The largest absolute Gasteiger partial charge is 0.497 e.